The number of hydrogen-bond donors (Lipinski definition) is 0. The van der Waals surface area contributed by atoms with Crippen LogP contribution in [-0.4, -0.2) is 12.1 Å². The summed E-state index contributed by atoms with van der Waals surface area (Å²) in [5.41, 5.74) is 1.76. The van der Waals surface area contributed by atoms with Crippen molar-refractivity contribution >= 4 is 11.6 Å². The monoisotopic (exact) mass is 261 g/mol. The molecule has 18 heavy (non-hydrogen) atoms. The van der Waals surface area contributed by atoms with Crippen molar-refractivity contribution in [2.24, 2.45) is 0 Å². The fourth-order valence-electron chi connectivity index (χ4n) is 2.30. The van der Waals surface area contributed by atoms with E-state index in [4.69, 9.17) is 16.3 Å². The Morgan fingerprint density at radius 1 is 1.06 bits per heavy atom. The van der Waals surface area contributed by atoms with Crippen molar-refractivity contribution in [1.82, 2.24) is 4.98 Å². The van der Waals surface area contributed by atoms with Crippen LogP contribution < -0.4 is 0 Å². The minimum atomic E-state index is -0.437. The Bertz CT molecular complexity index is 492. The molecular formula is C15H16ClNO. The first-order valence-corrected chi connectivity index (χ1v) is 6.32. The Morgan fingerprint density at radius 2 is 1.61 bits per heavy atom. The van der Waals surface area contributed by atoms with Crippen LogP contribution in [0.15, 0.2) is 48.8 Å². The molecule has 0 amide bonds. The van der Waals surface area contributed by atoms with Gasteiger partial charge in [0.05, 0.1) is 0 Å². The van der Waals surface area contributed by atoms with Crippen molar-refractivity contribution in [3.63, 3.8) is 0 Å². The van der Waals surface area contributed by atoms with Crippen LogP contribution in [0.2, 0.25) is 5.02 Å². The van der Waals surface area contributed by atoms with Crippen molar-refractivity contribution in [3.05, 3.63) is 64.9 Å². The molecule has 0 aliphatic heterocycles. The van der Waals surface area contributed by atoms with Gasteiger partial charge in [0.25, 0.3) is 0 Å². The molecule has 0 radical (unpaired) electrons. The van der Waals surface area contributed by atoms with Gasteiger partial charge in [-0.1, -0.05) is 30.7 Å². The SMILES string of the molecule is CC[C@](OC)(c1ccncc1)c1ccc(Cl)cc1. The maximum absolute atomic E-state index is 5.94. The lowest BCUT2D eigenvalue weighted by Gasteiger charge is -2.32. The van der Waals surface area contributed by atoms with Crippen LogP contribution in [0.4, 0.5) is 0 Å². The van der Waals surface area contributed by atoms with Gasteiger partial charge >= 0.3 is 0 Å². The number of aromatic nitrogens is 1. The molecule has 0 fully saturated rings. The second-order valence-corrected chi connectivity index (χ2v) is 4.56. The molecule has 1 atom stereocenters. The second kappa shape index (κ2) is 5.51. The molecule has 3 heteroatoms. The summed E-state index contributed by atoms with van der Waals surface area (Å²) in [4.78, 5) is 4.06. The van der Waals surface area contributed by atoms with E-state index in [0.29, 0.717) is 0 Å². The topological polar surface area (TPSA) is 22.1 Å². The Hall–Kier alpha value is -1.38. The van der Waals surface area contributed by atoms with E-state index < -0.39 is 5.60 Å². The summed E-state index contributed by atoms with van der Waals surface area (Å²) in [7, 11) is 1.73. The highest BCUT2D eigenvalue weighted by Gasteiger charge is 2.32. The van der Waals surface area contributed by atoms with Crippen molar-refractivity contribution in [1.29, 1.82) is 0 Å². The highest BCUT2D eigenvalue weighted by molar-refractivity contribution is 6.30. The van der Waals surface area contributed by atoms with Gasteiger partial charge in [0.2, 0.25) is 0 Å². The predicted octanol–water partition coefficient (Wildman–Crippen LogP) is 4.04. The lowest BCUT2D eigenvalue weighted by atomic mass is 9.84. The van der Waals surface area contributed by atoms with E-state index in [2.05, 4.69) is 11.9 Å². The number of benzene rings is 1. The fraction of sp³-hybridized carbons (Fsp3) is 0.267. The molecule has 0 saturated carbocycles. The van der Waals surface area contributed by atoms with Gasteiger partial charge in [0.15, 0.2) is 0 Å². The van der Waals surface area contributed by atoms with E-state index in [1.54, 1.807) is 19.5 Å². The molecule has 0 saturated heterocycles. The first-order valence-electron chi connectivity index (χ1n) is 5.94. The highest BCUT2D eigenvalue weighted by atomic mass is 35.5. The molecule has 1 heterocycles. The molecule has 0 spiro atoms. The molecule has 0 N–H and O–H groups in total. The number of halogens is 1. The third kappa shape index (κ3) is 2.26. The summed E-state index contributed by atoms with van der Waals surface area (Å²) < 4.78 is 5.83. The number of pyridine rings is 1. The number of ether oxygens (including phenoxy) is 1. The molecule has 94 valence electrons. The molecule has 1 aromatic carbocycles. The van der Waals surface area contributed by atoms with Gasteiger partial charge in [-0.15, -0.1) is 0 Å². The summed E-state index contributed by atoms with van der Waals surface area (Å²) in [5.74, 6) is 0. The maximum atomic E-state index is 5.94. The second-order valence-electron chi connectivity index (χ2n) is 4.13. The molecule has 0 aliphatic rings. The predicted molar refractivity (Wildman–Crippen MR) is 73.8 cm³/mol. The van der Waals surface area contributed by atoms with E-state index in [-0.39, 0.29) is 0 Å². The Balaban J connectivity index is 2.54. The van der Waals surface area contributed by atoms with Crippen molar-refractivity contribution in [2.75, 3.05) is 7.11 Å². The lowest BCUT2D eigenvalue weighted by molar-refractivity contribution is 0.0185. The third-order valence-electron chi connectivity index (χ3n) is 3.30. The first kappa shape index (κ1) is 13.1. The third-order valence-corrected chi connectivity index (χ3v) is 3.56. The van der Waals surface area contributed by atoms with E-state index >= 15 is 0 Å². The van der Waals surface area contributed by atoms with E-state index in [9.17, 15) is 0 Å². The van der Waals surface area contributed by atoms with E-state index in [1.165, 1.54) is 0 Å². The fourth-order valence-corrected chi connectivity index (χ4v) is 2.42. The van der Waals surface area contributed by atoms with Crippen LogP contribution in [0, 0.1) is 0 Å². The van der Waals surface area contributed by atoms with Crippen LogP contribution >= 0.6 is 11.6 Å². The van der Waals surface area contributed by atoms with Crippen molar-refractivity contribution in [3.8, 4) is 0 Å². The zero-order chi connectivity index (χ0) is 13.0. The standard InChI is InChI=1S/C15H16ClNO/c1-3-15(18-2,13-8-10-17-11-9-13)12-4-6-14(16)7-5-12/h4-11H,3H2,1-2H3/t15-/m1/s1. The van der Waals surface area contributed by atoms with E-state index in [1.807, 2.05) is 36.4 Å². The molecule has 0 aliphatic carbocycles. The van der Waals surface area contributed by atoms with Crippen LogP contribution in [0.25, 0.3) is 0 Å². The summed E-state index contributed by atoms with van der Waals surface area (Å²) in [6.45, 7) is 2.11. The van der Waals surface area contributed by atoms with Crippen molar-refractivity contribution in [2.45, 2.75) is 18.9 Å². The van der Waals surface area contributed by atoms with Gasteiger partial charge < -0.3 is 4.74 Å². The quantitative estimate of drug-likeness (QED) is 0.829. The number of nitrogens with zero attached hydrogens (tertiary/aromatic N) is 1. The highest BCUT2D eigenvalue weighted by Crippen LogP contribution is 2.36. The Kier molecular flexibility index (Phi) is 4.00. The number of methoxy groups -OCH3 is 1. The normalized spacial score (nSPS) is 14.2. The lowest BCUT2D eigenvalue weighted by Crippen LogP contribution is -2.29. The molecule has 0 unspecified atom stereocenters. The Morgan fingerprint density at radius 3 is 2.11 bits per heavy atom. The van der Waals surface area contributed by atoms with Gasteiger partial charge in [-0.05, 0) is 41.8 Å². The molecule has 2 nitrogen and oxygen atoms in total. The molecular weight excluding hydrogens is 246 g/mol. The molecule has 2 aromatic rings. The zero-order valence-electron chi connectivity index (χ0n) is 10.6. The minimum absolute atomic E-state index is 0.437. The van der Waals surface area contributed by atoms with Crippen LogP contribution in [0.5, 0.6) is 0 Å². The summed E-state index contributed by atoms with van der Waals surface area (Å²) in [6, 6.07) is 11.8. The van der Waals surface area contributed by atoms with Crippen LogP contribution in [-0.2, 0) is 10.3 Å². The molecule has 2 rings (SSSR count). The molecule has 1 aromatic heterocycles. The maximum Gasteiger partial charge on any atom is 0.118 e. The number of rotatable bonds is 4. The van der Waals surface area contributed by atoms with Gasteiger partial charge in [-0.2, -0.15) is 0 Å². The van der Waals surface area contributed by atoms with Gasteiger partial charge in [0, 0.05) is 24.5 Å². The Labute approximate surface area is 113 Å². The van der Waals surface area contributed by atoms with Gasteiger partial charge in [-0.25, -0.2) is 0 Å². The summed E-state index contributed by atoms with van der Waals surface area (Å²) in [5, 5.41) is 0.731. The van der Waals surface area contributed by atoms with Gasteiger partial charge in [-0.3, -0.25) is 4.98 Å². The first-order chi connectivity index (χ1) is 8.73. The smallest absolute Gasteiger partial charge is 0.118 e. The summed E-state index contributed by atoms with van der Waals surface area (Å²) >= 11 is 5.94. The number of hydrogen-bond acceptors (Lipinski definition) is 2. The summed E-state index contributed by atoms with van der Waals surface area (Å²) in [6.07, 6.45) is 4.42. The van der Waals surface area contributed by atoms with E-state index in [0.717, 1.165) is 22.6 Å². The largest absolute Gasteiger partial charge is 0.369 e. The van der Waals surface area contributed by atoms with Crippen LogP contribution in [0.1, 0.15) is 24.5 Å². The van der Waals surface area contributed by atoms with Crippen molar-refractivity contribution < 1.29 is 4.74 Å². The minimum Gasteiger partial charge on any atom is -0.369 e. The van der Waals surface area contributed by atoms with Crippen LogP contribution in [0.3, 0.4) is 0 Å². The zero-order valence-corrected chi connectivity index (χ0v) is 11.3. The average molecular weight is 262 g/mol. The van der Waals surface area contributed by atoms with Gasteiger partial charge in [0.1, 0.15) is 5.60 Å². The molecule has 0 bridgehead atoms. The average Bonchev–Trinajstić information content (AvgIpc) is 2.44.